The SMILES string of the molecule is N#Cc1cc2c(cc1Oc1ccc(C(=O)CCCc3ccc(Cl)cc3Cl)cc1)OCCC2C(=O)O. The van der Waals surface area contributed by atoms with E-state index in [4.69, 9.17) is 32.7 Å². The monoisotopic (exact) mass is 509 g/mol. The van der Waals surface area contributed by atoms with Crippen LogP contribution in [0.25, 0.3) is 0 Å². The fourth-order valence-electron chi connectivity index (χ4n) is 3.99. The lowest BCUT2D eigenvalue weighted by atomic mass is 9.91. The lowest BCUT2D eigenvalue weighted by Crippen LogP contribution is -2.21. The van der Waals surface area contributed by atoms with E-state index in [1.807, 2.05) is 6.07 Å². The predicted octanol–water partition coefficient (Wildman–Crippen LogP) is 6.81. The molecule has 0 saturated heterocycles. The van der Waals surface area contributed by atoms with Crippen molar-refractivity contribution in [2.75, 3.05) is 6.61 Å². The number of carbonyl (C=O) groups excluding carboxylic acids is 1. The van der Waals surface area contributed by atoms with E-state index in [0.29, 0.717) is 58.4 Å². The van der Waals surface area contributed by atoms with Crippen LogP contribution in [0.1, 0.15) is 52.2 Å². The number of hydrogen-bond donors (Lipinski definition) is 1. The molecule has 4 rings (SSSR count). The fourth-order valence-corrected chi connectivity index (χ4v) is 4.49. The van der Waals surface area contributed by atoms with Crippen molar-refractivity contribution >= 4 is 35.0 Å². The highest BCUT2D eigenvalue weighted by Crippen LogP contribution is 2.39. The minimum Gasteiger partial charge on any atom is -0.493 e. The van der Waals surface area contributed by atoms with Gasteiger partial charge in [0.05, 0.1) is 18.1 Å². The molecule has 0 aromatic heterocycles. The number of Topliss-reactive ketones (excluding diaryl/α,β-unsaturated/α-hetero) is 1. The Kier molecular flexibility index (Phi) is 7.60. The molecule has 0 spiro atoms. The first-order valence-electron chi connectivity index (χ1n) is 11.0. The van der Waals surface area contributed by atoms with Crippen LogP contribution in [0.3, 0.4) is 0 Å². The van der Waals surface area contributed by atoms with Crippen molar-refractivity contribution in [3.63, 3.8) is 0 Å². The summed E-state index contributed by atoms with van der Waals surface area (Å²) in [5.41, 5.74) is 2.18. The fraction of sp³-hybridized carbons (Fsp3) is 0.222. The summed E-state index contributed by atoms with van der Waals surface area (Å²) in [6.45, 7) is 0.274. The van der Waals surface area contributed by atoms with Crippen LogP contribution < -0.4 is 9.47 Å². The summed E-state index contributed by atoms with van der Waals surface area (Å²) in [7, 11) is 0. The molecule has 3 aromatic carbocycles. The molecule has 0 saturated carbocycles. The third kappa shape index (κ3) is 5.76. The molecule has 1 aliphatic rings. The first-order valence-corrected chi connectivity index (χ1v) is 11.8. The Balaban J connectivity index is 1.41. The second kappa shape index (κ2) is 10.8. The van der Waals surface area contributed by atoms with Crippen LogP contribution in [0.4, 0.5) is 0 Å². The van der Waals surface area contributed by atoms with Gasteiger partial charge in [0, 0.05) is 33.7 Å². The molecule has 1 heterocycles. The molecular formula is C27H21Cl2NO5. The van der Waals surface area contributed by atoms with Crippen molar-refractivity contribution in [1.82, 2.24) is 0 Å². The minimum absolute atomic E-state index is 0.00115. The second-order valence-electron chi connectivity index (χ2n) is 8.16. The average Bonchev–Trinajstić information content (AvgIpc) is 2.84. The number of halogens is 2. The van der Waals surface area contributed by atoms with Crippen LogP contribution in [0, 0.1) is 11.3 Å². The van der Waals surface area contributed by atoms with E-state index in [2.05, 4.69) is 6.07 Å². The number of nitrogens with zero attached hydrogens (tertiary/aromatic N) is 1. The number of carbonyl (C=O) groups is 2. The van der Waals surface area contributed by atoms with Gasteiger partial charge in [-0.1, -0.05) is 29.3 Å². The second-order valence-corrected chi connectivity index (χ2v) is 9.01. The highest BCUT2D eigenvalue weighted by atomic mass is 35.5. The zero-order valence-corrected chi connectivity index (χ0v) is 20.1. The van der Waals surface area contributed by atoms with Crippen molar-refractivity contribution in [3.8, 4) is 23.3 Å². The van der Waals surface area contributed by atoms with Crippen LogP contribution in [0.5, 0.6) is 17.2 Å². The van der Waals surface area contributed by atoms with Crippen molar-refractivity contribution in [2.24, 2.45) is 0 Å². The molecule has 6 nitrogen and oxygen atoms in total. The van der Waals surface area contributed by atoms with Crippen molar-refractivity contribution in [2.45, 2.75) is 31.6 Å². The van der Waals surface area contributed by atoms with Gasteiger partial charge in [-0.05, 0) is 67.3 Å². The minimum atomic E-state index is -0.955. The number of carboxylic acid groups (broad SMARTS) is 1. The Morgan fingerprint density at radius 2 is 1.89 bits per heavy atom. The van der Waals surface area contributed by atoms with E-state index >= 15 is 0 Å². The van der Waals surface area contributed by atoms with Gasteiger partial charge >= 0.3 is 5.97 Å². The van der Waals surface area contributed by atoms with Crippen molar-refractivity contribution in [1.29, 1.82) is 5.26 Å². The normalized spacial score (nSPS) is 14.4. The van der Waals surface area contributed by atoms with E-state index in [1.165, 1.54) is 6.07 Å². The molecule has 1 atom stereocenters. The summed E-state index contributed by atoms with van der Waals surface area (Å²) >= 11 is 12.1. The molecule has 0 radical (unpaired) electrons. The van der Waals surface area contributed by atoms with E-state index in [9.17, 15) is 20.0 Å². The van der Waals surface area contributed by atoms with Crippen LogP contribution in [-0.2, 0) is 11.2 Å². The Labute approximate surface area is 212 Å². The number of hydrogen-bond acceptors (Lipinski definition) is 5. The van der Waals surface area contributed by atoms with Gasteiger partial charge < -0.3 is 14.6 Å². The molecule has 0 bridgehead atoms. The number of aryl methyl sites for hydroxylation is 1. The lowest BCUT2D eigenvalue weighted by Gasteiger charge is -2.24. The van der Waals surface area contributed by atoms with Gasteiger partial charge in [-0.3, -0.25) is 9.59 Å². The van der Waals surface area contributed by atoms with Crippen molar-refractivity contribution < 1.29 is 24.2 Å². The Bertz CT molecular complexity index is 1310. The third-order valence-corrected chi connectivity index (χ3v) is 6.43. The quantitative estimate of drug-likeness (QED) is 0.334. The maximum atomic E-state index is 12.6. The largest absolute Gasteiger partial charge is 0.493 e. The molecule has 1 unspecified atom stereocenters. The predicted molar refractivity (Wildman–Crippen MR) is 132 cm³/mol. The van der Waals surface area contributed by atoms with Crippen LogP contribution in [0.15, 0.2) is 54.6 Å². The first-order chi connectivity index (χ1) is 16.9. The van der Waals surface area contributed by atoms with Crippen LogP contribution >= 0.6 is 23.2 Å². The van der Waals surface area contributed by atoms with Gasteiger partial charge in [0.25, 0.3) is 0 Å². The molecule has 1 N–H and O–H groups in total. The summed E-state index contributed by atoms with van der Waals surface area (Å²) in [5.74, 6) is -0.580. The smallest absolute Gasteiger partial charge is 0.311 e. The molecule has 0 aliphatic carbocycles. The number of fused-ring (bicyclic) bond motifs is 1. The van der Waals surface area contributed by atoms with Gasteiger partial charge in [0.2, 0.25) is 0 Å². The highest BCUT2D eigenvalue weighted by molar-refractivity contribution is 6.35. The summed E-state index contributed by atoms with van der Waals surface area (Å²) in [4.78, 5) is 24.1. The number of ketones is 1. The first kappa shape index (κ1) is 24.6. The Hall–Kier alpha value is -3.53. The van der Waals surface area contributed by atoms with E-state index in [-0.39, 0.29) is 23.7 Å². The van der Waals surface area contributed by atoms with Gasteiger partial charge in [-0.2, -0.15) is 5.26 Å². The maximum Gasteiger partial charge on any atom is 0.311 e. The summed E-state index contributed by atoms with van der Waals surface area (Å²) in [5, 5.41) is 20.2. The number of nitriles is 1. The Morgan fingerprint density at radius 1 is 1.11 bits per heavy atom. The Morgan fingerprint density at radius 3 is 2.57 bits per heavy atom. The molecule has 0 amide bonds. The van der Waals surface area contributed by atoms with Gasteiger partial charge in [0.15, 0.2) is 5.78 Å². The number of aliphatic carboxylic acids is 1. The van der Waals surface area contributed by atoms with Gasteiger partial charge in [0.1, 0.15) is 23.3 Å². The summed E-state index contributed by atoms with van der Waals surface area (Å²) in [6, 6.07) is 17.1. The number of rotatable bonds is 8. The number of ether oxygens (including phenoxy) is 2. The third-order valence-electron chi connectivity index (χ3n) is 5.84. The zero-order valence-electron chi connectivity index (χ0n) is 18.6. The molecule has 8 heteroatoms. The van der Waals surface area contributed by atoms with Crippen LogP contribution in [-0.4, -0.2) is 23.5 Å². The van der Waals surface area contributed by atoms with Crippen LogP contribution in [0.2, 0.25) is 10.0 Å². The van der Waals surface area contributed by atoms with E-state index < -0.39 is 11.9 Å². The molecule has 3 aromatic rings. The molecule has 0 fully saturated rings. The molecule has 1 aliphatic heterocycles. The van der Waals surface area contributed by atoms with E-state index in [1.54, 1.807) is 42.5 Å². The number of carboxylic acids is 1. The molecule has 35 heavy (non-hydrogen) atoms. The van der Waals surface area contributed by atoms with E-state index in [0.717, 1.165) is 5.56 Å². The van der Waals surface area contributed by atoms with Gasteiger partial charge in [-0.15, -0.1) is 0 Å². The van der Waals surface area contributed by atoms with Gasteiger partial charge in [-0.25, -0.2) is 0 Å². The lowest BCUT2D eigenvalue weighted by molar-refractivity contribution is -0.139. The zero-order chi connectivity index (χ0) is 24.9. The highest BCUT2D eigenvalue weighted by Gasteiger charge is 2.29. The summed E-state index contributed by atoms with van der Waals surface area (Å²) < 4.78 is 11.5. The topological polar surface area (TPSA) is 96.6 Å². The summed E-state index contributed by atoms with van der Waals surface area (Å²) in [6.07, 6.45) is 2.03. The number of benzene rings is 3. The maximum absolute atomic E-state index is 12.6. The standard InChI is InChI=1S/C27H21Cl2NO5/c28-19-7-4-16(23(29)13-19)2-1-3-24(31)17-5-8-20(9-6-17)35-25-14-26-22(12-18(25)15-30)21(27(32)33)10-11-34-26/h4-9,12-14,21H,1-3,10-11H2,(H,32,33). The molecule has 178 valence electrons. The average molecular weight is 510 g/mol. The van der Waals surface area contributed by atoms with Crippen molar-refractivity contribution in [3.05, 3.63) is 86.9 Å². The molecular weight excluding hydrogens is 489 g/mol.